The van der Waals surface area contributed by atoms with E-state index < -0.39 is 0 Å². The van der Waals surface area contributed by atoms with Gasteiger partial charge in [-0.3, -0.25) is 4.79 Å². The topological polar surface area (TPSA) is 84.3 Å². The maximum Gasteiger partial charge on any atom is 0.264 e. The molecule has 0 radical (unpaired) electrons. The number of amides is 1. The number of hydrogen-bond donors (Lipinski definition) is 0. The van der Waals surface area contributed by atoms with Crippen molar-refractivity contribution in [3.63, 3.8) is 0 Å². The Hall–Kier alpha value is -4.64. The molecule has 3 aromatic carbocycles. The second kappa shape index (κ2) is 11.0. The Morgan fingerprint density at radius 2 is 1.76 bits per heavy atom. The van der Waals surface area contributed by atoms with Crippen LogP contribution in [0.15, 0.2) is 72.3 Å². The van der Waals surface area contributed by atoms with Gasteiger partial charge in [0.25, 0.3) is 5.91 Å². The predicted octanol–water partition coefficient (Wildman–Crippen LogP) is 4.26. The number of hydrogen-bond acceptors (Lipinski definition) is 7. The number of nitriles is 1. The molecule has 1 saturated heterocycles. The van der Waals surface area contributed by atoms with Crippen molar-refractivity contribution in [2.75, 3.05) is 45.0 Å². The molecule has 0 aromatic heterocycles. The smallest absolute Gasteiger partial charge is 0.264 e. The Kier molecular flexibility index (Phi) is 7.13. The molecule has 2 aliphatic rings. The molecule has 0 saturated carbocycles. The summed E-state index contributed by atoms with van der Waals surface area (Å²) in [5.74, 6) is 2.22. The molecule has 5 rings (SSSR count). The molecule has 188 valence electrons. The van der Waals surface area contributed by atoms with Crippen LogP contribution in [0.25, 0.3) is 6.08 Å². The van der Waals surface area contributed by atoms with E-state index in [4.69, 9.17) is 18.9 Å². The highest BCUT2D eigenvalue weighted by atomic mass is 16.7. The number of carbonyl (C=O) groups excluding carboxylic acids is 1. The summed E-state index contributed by atoms with van der Waals surface area (Å²) in [4.78, 5) is 17.1. The minimum atomic E-state index is -0.266. The van der Waals surface area contributed by atoms with Crippen LogP contribution in [0.3, 0.4) is 0 Å². The molecular formula is C29H27N3O5. The van der Waals surface area contributed by atoms with Gasteiger partial charge in [-0.2, -0.15) is 5.26 Å². The summed E-state index contributed by atoms with van der Waals surface area (Å²) in [5.41, 5.74) is 2.84. The van der Waals surface area contributed by atoms with Crippen LogP contribution in [0, 0.1) is 11.3 Å². The SMILES string of the molecule is COc1cc(/C=C(/C#N)C(=O)N2CCN(c3ccccc3)CC2)ccc1OCc1ccc2c(c1)OCO2. The van der Waals surface area contributed by atoms with Crippen LogP contribution in [0.5, 0.6) is 23.0 Å². The number of rotatable bonds is 7. The van der Waals surface area contributed by atoms with Crippen LogP contribution in [-0.2, 0) is 11.4 Å². The Morgan fingerprint density at radius 3 is 2.51 bits per heavy atom. The third-order valence-corrected chi connectivity index (χ3v) is 6.37. The van der Waals surface area contributed by atoms with E-state index in [0.717, 1.165) is 30.1 Å². The minimum absolute atomic E-state index is 0.0873. The Balaban J connectivity index is 1.23. The van der Waals surface area contributed by atoms with E-state index in [9.17, 15) is 10.1 Å². The number of ether oxygens (including phenoxy) is 4. The molecule has 0 bridgehead atoms. The van der Waals surface area contributed by atoms with Crippen LogP contribution in [0.4, 0.5) is 5.69 Å². The fourth-order valence-corrected chi connectivity index (χ4v) is 4.37. The molecule has 1 amide bonds. The van der Waals surface area contributed by atoms with Crippen molar-refractivity contribution in [1.29, 1.82) is 5.26 Å². The van der Waals surface area contributed by atoms with Crippen molar-refractivity contribution in [1.82, 2.24) is 4.90 Å². The molecule has 0 unspecified atom stereocenters. The molecule has 3 aromatic rings. The lowest BCUT2D eigenvalue weighted by atomic mass is 10.1. The number of anilines is 1. The van der Waals surface area contributed by atoms with Gasteiger partial charge in [0.15, 0.2) is 23.0 Å². The lowest BCUT2D eigenvalue weighted by molar-refractivity contribution is -0.126. The minimum Gasteiger partial charge on any atom is -0.493 e. The maximum atomic E-state index is 13.1. The van der Waals surface area contributed by atoms with Crippen LogP contribution in [-0.4, -0.2) is 50.9 Å². The molecule has 8 heteroatoms. The van der Waals surface area contributed by atoms with Crippen LogP contribution >= 0.6 is 0 Å². The molecule has 1 fully saturated rings. The van der Waals surface area contributed by atoms with Crippen molar-refractivity contribution in [3.8, 4) is 29.1 Å². The molecule has 2 aliphatic heterocycles. The van der Waals surface area contributed by atoms with Gasteiger partial charge in [-0.15, -0.1) is 0 Å². The Bertz CT molecular complexity index is 1340. The molecule has 0 spiro atoms. The first-order valence-corrected chi connectivity index (χ1v) is 12.0. The van der Waals surface area contributed by atoms with Crippen molar-refractivity contribution >= 4 is 17.7 Å². The standard InChI is InChI=1S/C29H27N3O5/c1-34-27-16-21(7-9-25(27)35-19-22-8-10-26-28(17-22)37-20-36-26)15-23(18-30)29(33)32-13-11-31(12-14-32)24-5-3-2-4-6-24/h2-10,15-17H,11-14,19-20H2,1H3/b23-15-. The highest BCUT2D eigenvalue weighted by Gasteiger charge is 2.24. The van der Waals surface area contributed by atoms with Crippen molar-refractivity contribution in [2.45, 2.75) is 6.61 Å². The first-order chi connectivity index (χ1) is 18.1. The summed E-state index contributed by atoms with van der Waals surface area (Å²) < 4.78 is 22.2. The lowest BCUT2D eigenvalue weighted by Crippen LogP contribution is -2.49. The monoisotopic (exact) mass is 497 g/mol. The van der Waals surface area contributed by atoms with E-state index >= 15 is 0 Å². The van der Waals surface area contributed by atoms with Gasteiger partial charge >= 0.3 is 0 Å². The second-order valence-electron chi connectivity index (χ2n) is 8.67. The van der Waals surface area contributed by atoms with Gasteiger partial charge in [0.2, 0.25) is 6.79 Å². The molecule has 2 heterocycles. The summed E-state index contributed by atoms with van der Waals surface area (Å²) in [7, 11) is 1.55. The summed E-state index contributed by atoms with van der Waals surface area (Å²) in [6, 6.07) is 23.2. The van der Waals surface area contributed by atoms with E-state index in [0.29, 0.717) is 42.5 Å². The van der Waals surface area contributed by atoms with Crippen LogP contribution in [0.1, 0.15) is 11.1 Å². The van der Waals surface area contributed by atoms with Crippen molar-refractivity contribution in [2.24, 2.45) is 0 Å². The number of piperazine rings is 1. The normalized spacial score (nSPS) is 14.8. The summed E-state index contributed by atoms with van der Waals surface area (Å²) in [6.07, 6.45) is 1.59. The fourth-order valence-electron chi connectivity index (χ4n) is 4.37. The molecule has 0 atom stereocenters. The highest BCUT2D eigenvalue weighted by molar-refractivity contribution is 6.01. The van der Waals surface area contributed by atoms with Crippen LogP contribution < -0.4 is 23.8 Å². The van der Waals surface area contributed by atoms with E-state index in [1.807, 2.05) is 36.4 Å². The summed E-state index contributed by atoms with van der Waals surface area (Å²) in [6.45, 7) is 3.10. The fraction of sp³-hybridized carbons (Fsp3) is 0.241. The summed E-state index contributed by atoms with van der Waals surface area (Å²) in [5, 5.41) is 9.73. The third-order valence-electron chi connectivity index (χ3n) is 6.37. The number of methoxy groups -OCH3 is 1. The van der Waals surface area contributed by atoms with Gasteiger partial charge in [0.1, 0.15) is 18.2 Å². The van der Waals surface area contributed by atoms with Gasteiger partial charge in [0.05, 0.1) is 7.11 Å². The molecule has 0 N–H and O–H groups in total. The predicted molar refractivity (Wildman–Crippen MR) is 139 cm³/mol. The number of nitrogens with zero attached hydrogens (tertiary/aromatic N) is 3. The number of para-hydroxylation sites is 1. The van der Waals surface area contributed by atoms with E-state index in [1.54, 1.807) is 36.3 Å². The molecular weight excluding hydrogens is 470 g/mol. The van der Waals surface area contributed by atoms with Crippen molar-refractivity contribution in [3.05, 3.63) is 83.4 Å². The lowest BCUT2D eigenvalue weighted by Gasteiger charge is -2.36. The molecule has 37 heavy (non-hydrogen) atoms. The van der Waals surface area contributed by atoms with Crippen molar-refractivity contribution < 1.29 is 23.7 Å². The zero-order valence-corrected chi connectivity index (χ0v) is 20.6. The van der Waals surface area contributed by atoms with Crippen LogP contribution in [0.2, 0.25) is 0 Å². The quantitative estimate of drug-likeness (QED) is 0.356. The average molecular weight is 498 g/mol. The molecule has 8 nitrogen and oxygen atoms in total. The first-order valence-electron chi connectivity index (χ1n) is 12.0. The zero-order valence-electron chi connectivity index (χ0n) is 20.6. The highest BCUT2D eigenvalue weighted by Crippen LogP contribution is 2.34. The Labute approximate surface area is 215 Å². The summed E-state index contributed by atoms with van der Waals surface area (Å²) >= 11 is 0. The number of carbonyl (C=O) groups is 1. The van der Waals surface area contributed by atoms with E-state index in [1.165, 1.54) is 0 Å². The van der Waals surface area contributed by atoms with Gasteiger partial charge in [-0.05, 0) is 53.6 Å². The van der Waals surface area contributed by atoms with Gasteiger partial charge in [-0.1, -0.05) is 30.3 Å². The largest absolute Gasteiger partial charge is 0.493 e. The van der Waals surface area contributed by atoms with Gasteiger partial charge in [-0.25, -0.2) is 0 Å². The van der Waals surface area contributed by atoms with Gasteiger partial charge < -0.3 is 28.7 Å². The Morgan fingerprint density at radius 1 is 0.973 bits per heavy atom. The van der Waals surface area contributed by atoms with Gasteiger partial charge in [0, 0.05) is 31.9 Å². The zero-order chi connectivity index (χ0) is 25.6. The van der Waals surface area contributed by atoms with E-state index in [2.05, 4.69) is 23.1 Å². The number of benzene rings is 3. The van der Waals surface area contributed by atoms with E-state index in [-0.39, 0.29) is 18.3 Å². The second-order valence-corrected chi connectivity index (χ2v) is 8.67. The third kappa shape index (κ3) is 5.46. The first kappa shape index (κ1) is 24.1. The molecule has 0 aliphatic carbocycles. The average Bonchev–Trinajstić information content (AvgIpc) is 3.43. The number of fused-ring (bicyclic) bond motifs is 1. The maximum absolute atomic E-state index is 13.1.